The van der Waals surface area contributed by atoms with Crippen molar-refractivity contribution in [3.63, 3.8) is 0 Å². The van der Waals surface area contributed by atoms with Crippen LogP contribution in [-0.4, -0.2) is 37.1 Å². The highest BCUT2D eigenvalue weighted by molar-refractivity contribution is 5.95. The molecule has 1 heterocycles. The molecule has 0 atom stereocenters. The van der Waals surface area contributed by atoms with Crippen molar-refractivity contribution in [1.29, 1.82) is 0 Å². The zero-order valence-corrected chi connectivity index (χ0v) is 9.70. The number of nitrogens with two attached hydrogens (primary N) is 1. The molecule has 0 unspecified atom stereocenters. The Morgan fingerprint density at radius 1 is 1.41 bits per heavy atom. The highest BCUT2D eigenvalue weighted by Crippen LogP contribution is 2.19. The van der Waals surface area contributed by atoms with E-state index in [0.29, 0.717) is 37.6 Å². The molecule has 0 aromatic heterocycles. The molecule has 0 radical (unpaired) electrons. The van der Waals surface area contributed by atoms with Gasteiger partial charge in [-0.15, -0.1) is 0 Å². The minimum Gasteiger partial charge on any atom is -0.398 e. The van der Waals surface area contributed by atoms with Crippen LogP contribution in [0.25, 0.3) is 0 Å². The largest absolute Gasteiger partial charge is 0.398 e. The van der Waals surface area contributed by atoms with Crippen molar-refractivity contribution < 1.29 is 13.9 Å². The van der Waals surface area contributed by atoms with Gasteiger partial charge >= 0.3 is 0 Å². The molecule has 1 aromatic rings. The minimum atomic E-state index is -0.565. The van der Waals surface area contributed by atoms with Crippen LogP contribution in [0.15, 0.2) is 12.1 Å². The zero-order valence-electron chi connectivity index (χ0n) is 9.70. The summed E-state index contributed by atoms with van der Waals surface area (Å²) in [5, 5.41) is 0. The normalized spacial score (nSPS) is 16.0. The van der Waals surface area contributed by atoms with Crippen molar-refractivity contribution in [1.82, 2.24) is 4.90 Å². The molecule has 0 saturated carbocycles. The van der Waals surface area contributed by atoms with E-state index in [1.807, 2.05) is 0 Å². The Morgan fingerprint density at radius 3 is 2.71 bits per heavy atom. The molecule has 17 heavy (non-hydrogen) atoms. The molecule has 1 aliphatic heterocycles. The standard InChI is InChI=1S/C12H15FN2O2/c1-8-6-9(10(13)7-11(8)14)12(16)15-2-4-17-5-3-15/h6-7H,2-5,14H2,1H3. The van der Waals surface area contributed by atoms with Crippen molar-refractivity contribution in [2.75, 3.05) is 32.0 Å². The van der Waals surface area contributed by atoms with E-state index >= 15 is 0 Å². The summed E-state index contributed by atoms with van der Waals surface area (Å²) in [6.45, 7) is 3.76. The molecule has 1 aromatic carbocycles. The lowest BCUT2D eigenvalue weighted by atomic mass is 10.1. The van der Waals surface area contributed by atoms with Gasteiger partial charge in [0.05, 0.1) is 18.8 Å². The molecule has 0 aliphatic carbocycles. The Balaban J connectivity index is 2.26. The van der Waals surface area contributed by atoms with Gasteiger partial charge in [0.25, 0.3) is 5.91 Å². The summed E-state index contributed by atoms with van der Waals surface area (Å²) in [7, 11) is 0. The monoisotopic (exact) mass is 238 g/mol. The summed E-state index contributed by atoms with van der Waals surface area (Å²) >= 11 is 0. The van der Waals surface area contributed by atoms with Crippen LogP contribution >= 0.6 is 0 Å². The highest BCUT2D eigenvalue weighted by atomic mass is 19.1. The van der Waals surface area contributed by atoms with Crippen LogP contribution in [0.1, 0.15) is 15.9 Å². The number of hydrogen-bond donors (Lipinski definition) is 1. The zero-order chi connectivity index (χ0) is 12.4. The van der Waals surface area contributed by atoms with E-state index in [-0.39, 0.29) is 11.5 Å². The van der Waals surface area contributed by atoms with E-state index in [1.165, 1.54) is 12.1 Å². The molecular weight excluding hydrogens is 223 g/mol. The maximum absolute atomic E-state index is 13.7. The second-order valence-electron chi connectivity index (χ2n) is 4.09. The molecule has 0 bridgehead atoms. The molecule has 1 aliphatic rings. The maximum Gasteiger partial charge on any atom is 0.256 e. The van der Waals surface area contributed by atoms with Crippen molar-refractivity contribution in [2.45, 2.75) is 6.92 Å². The lowest BCUT2D eigenvalue weighted by Gasteiger charge is -2.27. The SMILES string of the molecule is Cc1cc(C(=O)N2CCOCC2)c(F)cc1N. The number of benzene rings is 1. The van der Waals surface area contributed by atoms with Crippen LogP contribution < -0.4 is 5.73 Å². The van der Waals surface area contributed by atoms with Gasteiger partial charge in [-0.3, -0.25) is 4.79 Å². The van der Waals surface area contributed by atoms with Crippen LogP contribution in [0.5, 0.6) is 0 Å². The summed E-state index contributed by atoms with van der Waals surface area (Å²) in [4.78, 5) is 13.7. The summed E-state index contributed by atoms with van der Waals surface area (Å²) in [5.74, 6) is -0.863. The van der Waals surface area contributed by atoms with Gasteiger partial charge < -0.3 is 15.4 Å². The smallest absolute Gasteiger partial charge is 0.256 e. The Morgan fingerprint density at radius 2 is 2.06 bits per heavy atom. The van der Waals surface area contributed by atoms with Gasteiger partial charge in [0, 0.05) is 18.8 Å². The number of carbonyl (C=O) groups excluding carboxylic acids is 1. The lowest BCUT2D eigenvalue weighted by molar-refractivity contribution is 0.0300. The Bertz CT molecular complexity index is 442. The average Bonchev–Trinajstić information content (AvgIpc) is 2.34. The van der Waals surface area contributed by atoms with Crippen LogP contribution in [0.4, 0.5) is 10.1 Å². The fraction of sp³-hybridized carbons (Fsp3) is 0.417. The first-order valence-corrected chi connectivity index (χ1v) is 5.52. The van der Waals surface area contributed by atoms with E-state index in [1.54, 1.807) is 11.8 Å². The van der Waals surface area contributed by atoms with Gasteiger partial charge in [0.2, 0.25) is 0 Å². The fourth-order valence-electron chi connectivity index (χ4n) is 1.80. The number of amides is 1. The molecule has 4 nitrogen and oxygen atoms in total. The highest BCUT2D eigenvalue weighted by Gasteiger charge is 2.21. The number of carbonyl (C=O) groups is 1. The molecule has 92 valence electrons. The van der Waals surface area contributed by atoms with E-state index in [0.717, 1.165) is 0 Å². The minimum absolute atomic E-state index is 0.0820. The Hall–Kier alpha value is -1.62. The molecule has 1 fully saturated rings. The van der Waals surface area contributed by atoms with E-state index in [4.69, 9.17) is 10.5 Å². The summed E-state index contributed by atoms with van der Waals surface area (Å²) in [5.41, 5.74) is 6.74. The van der Waals surface area contributed by atoms with E-state index in [2.05, 4.69) is 0 Å². The first kappa shape index (κ1) is 11.9. The molecule has 1 amide bonds. The number of anilines is 1. The average molecular weight is 238 g/mol. The third-order valence-corrected chi connectivity index (χ3v) is 2.88. The van der Waals surface area contributed by atoms with E-state index in [9.17, 15) is 9.18 Å². The number of ether oxygens (including phenoxy) is 1. The van der Waals surface area contributed by atoms with Crippen molar-refractivity contribution in [3.8, 4) is 0 Å². The molecule has 5 heteroatoms. The summed E-state index contributed by atoms with van der Waals surface area (Å²) in [6.07, 6.45) is 0. The third-order valence-electron chi connectivity index (χ3n) is 2.88. The van der Waals surface area contributed by atoms with Crippen molar-refractivity contribution >= 4 is 11.6 Å². The number of nitrogens with zero attached hydrogens (tertiary/aromatic N) is 1. The van der Waals surface area contributed by atoms with Gasteiger partial charge in [-0.1, -0.05) is 0 Å². The van der Waals surface area contributed by atoms with Gasteiger partial charge in [0.1, 0.15) is 5.82 Å². The number of nitrogen functional groups attached to an aromatic ring is 1. The van der Waals surface area contributed by atoms with Crippen LogP contribution in [0, 0.1) is 12.7 Å². The van der Waals surface area contributed by atoms with Crippen molar-refractivity contribution in [2.24, 2.45) is 0 Å². The molecule has 2 N–H and O–H groups in total. The Labute approximate surface area is 99.2 Å². The second kappa shape index (κ2) is 4.71. The number of halogens is 1. The second-order valence-corrected chi connectivity index (χ2v) is 4.09. The molecule has 0 spiro atoms. The predicted molar refractivity (Wildman–Crippen MR) is 62.3 cm³/mol. The predicted octanol–water partition coefficient (Wildman–Crippen LogP) is 1.19. The van der Waals surface area contributed by atoms with Crippen molar-refractivity contribution in [3.05, 3.63) is 29.1 Å². The summed E-state index contributed by atoms with van der Waals surface area (Å²) in [6, 6.07) is 2.70. The summed E-state index contributed by atoms with van der Waals surface area (Å²) < 4.78 is 18.8. The molecule has 2 rings (SSSR count). The first-order chi connectivity index (χ1) is 8.09. The number of hydrogen-bond acceptors (Lipinski definition) is 3. The maximum atomic E-state index is 13.7. The van der Waals surface area contributed by atoms with Crippen LogP contribution in [-0.2, 0) is 4.74 Å². The Kier molecular flexibility index (Phi) is 3.28. The first-order valence-electron chi connectivity index (χ1n) is 5.52. The van der Waals surface area contributed by atoms with Crippen LogP contribution in [0.3, 0.4) is 0 Å². The van der Waals surface area contributed by atoms with Gasteiger partial charge in [-0.25, -0.2) is 4.39 Å². The van der Waals surface area contributed by atoms with Gasteiger partial charge in [-0.2, -0.15) is 0 Å². The lowest BCUT2D eigenvalue weighted by Crippen LogP contribution is -2.41. The van der Waals surface area contributed by atoms with E-state index < -0.39 is 5.82 Å². The molecular formula is C12H15FN2O2. The number of rotatable bonds is 1. The van der Waals surface area contributed by atoms with Gasteiger partial charge in [-0.05, 0) is 24.6 Å². The quantitative estimate of drug-likeness (QED) is 0.748. The molecule has 1 saturated heterocycles. The number of morpholine rings is 1. The topological polar surface area (TPSA) is 55.6 Å². The number of aryl methyl sites for hydroxylation is 1. The fourth-order valence-corrected chi connectivity index (χ4v) is 1.80. The van der Waals surface area contributed by atoms with Crippen LogP contribution in [0.2, 0.25) is 0 Å². The third kappa shape index (κ3) is 2.39. The van der Waals surface area contributed by atoms with Gasteiger partial charge in [0.15, 0.2) is 0 Å².